The third-order valence-corrected chi connectivity index (χ3v) is 3.60. The van der Waals surface area contributed by atoms with Crippen LogP contribution in [0.25, 0.3) is 0 Å². The summed E-state index contributed by atoms with van der Waals surface area (Å²) in [6, 6.07) is 8.30. The first-order chi connectivity index (χ1) is 8.23. The van der Waals surface area contributed by atoms with Crippen molar-refractivity contribution in [1.82, 2.24) is 9.44 Å². The van der Waals surface area contributed by atoms with E-state index in [1.807, 2.05) is 6.07 Å². The monoisotopic (exact) mass is 272 g/mol. The Balaban J connectivity index is 2.82. The van der Waals surface area contributed by atoms with Crippen molar-refractivity contribution in [2.24, 2.45) is 0 Å². The molecule has 18 heavy (non-hydrogen) atoms. The SMILES string of the molecule is CC(C)(C)NS(=O)(=O)NC(CO)c1ccccc1. The maximum atomic E-state index is 11.9. The van der Waals surface area contributed by atoms with Crippen molar-refractivity contribution in [2.45, 2.75) is 32.4 Å². The molecule has 0 saturated carbocycles. The maximum Gasteiger partial charge on any atom is 0.278 e. The highest BCUT2D eigenvalue weighted by molar-refractivity contribution is 7.87. The molecule has 1 atom stereocenters. The summed E-state index contributed by atoms with van der Waals surface area (Å²) >= 11 is 0. The van der Waals surface area contributed by atoms with E-state index in [0.29, 0.717) is 0 Å². The third kappa shape index (κ3) is 5.14. The van der Waals surface area contributed by atoms with Gasteiger partial charge in [0.15, 0.2) is 0 Å². The molecule has 0 radical (unpaired) electrons. The van der Waals surface area contributed by atoms with Crippen LogP contribution in [-0.4, -0.2) is 25.7 Å². The van der Waals surface area contributed by atoms with Gasteiger partial charge >= 0.3 is 0 Å². The zero-order chi connectivity index (χ0) is 13.8. The number of nitrogens with one attached hydrogen (secondary N) is 2. The molecule has 0 fully saturated rings. The van der Waals surface area contributed by atoms with Crippen LogP contribution in [-0.2, 0) is 10.2 Å². The molecule has 0 aromatic heterocycles. The highest BCUT2D eigenvalue weighted by atomic mass is 32.2. The van der Waals surface area contributed by atoms with E-state index in [9.17, 15) is 13.5 Å². The normalized spacial score (nSPS) is 14.4. The maximum absolute atomic E-state index is 11.9. The first kappa shape index (κ1) is 15.1. The second-order valence-corrected chi connectivity index (χ2v) is 6.57. The fraction of sp³-hybridized carbons (Fsp3) is 0.500. The molecule has 1 aromatic rings. The van der Waals surface area contributed by atoms with Gasteiger partial charge in [0.2, 0.25) is 0 Å². The molecule has 6 heteroatoms. The van der Waals surface area contributed by atoms with Gasteiger partial charge in [-0.1, -0.05) is 30.3 Å². The van der Waals surface area contributed by atoms with Crippen LogP contribution in [0.1, 0.15) is 32.4 Å². The molecule has 0 aliphatic rings. The summed E-state index contributed by atoms with van der Waals surface area (Å²) in [5.74, 6) is 0. The largest absolute Gasteiger partial charge is 0.394 e. The van der Waals surface area contributed by atoms with E-state index in [4.69, 9.17) is 0 Å². The van der Waals surface area contributed by atoms with Crippen LogP contribution < -0.4 is 9.44 Å². The third-order valence-electron chi connectivity index (χ3n) is 2.12. The van der Waals surface area contributed by atoms with Gasteiger partial charge < -0.3 is 5.11 Å². The molecule has 0 aliphatic heterocycles. The average Bonchev–Trinajstić information content (AvgIpc) is 2.24. The van der Waals surface area contributed by atoms with E-state index in [0.717, 1.165) is 5.56 Å². The van der Waals surface area contributed by atoms with E-state index in [2.05, 4.69) is 9.44 Å². The number of aliphatic hydroxyl groups excluding tert-OH is 1. The van der Waals surface area contributed by atoms with Crippen molar-refractivity contribution in [3.05, 3.63) is 35.9 Å². The smallest absolute Gasteiger partial charge is 0.278 e. The highest BCUT2D eigenvalue weighted by Gasteiger charge is 2.23. The molecule has 0 bridgehead atoms. The van der Waals surface area contributed by atoms with Crippen molar-refractivity contribution in [3.63, 3.8) is 0 Å². The number of benzene rings is 1. The van der Waals surface area contributed by atoms with Gasteiger partial charge in [-0.15, -0.1) is 0 Å². The van der Waals surface area contributed by atoms with Crippen LogP contribution in [0.15, 0.2) is 30.3 Å². The molecular formula is C12H20N2O3S. The Hall–Kier alpha value is -0.950. The van der Waals surface area contributed by atoms with E-state index >= 15 is 0 Å². The first-order valence-electron chi connectivity index (χ1n) is 5.70. The fourth-order valence-corrected chi connectivity index (χ4v) is 2.97. The second kappa shape index (κ2) is 5.79. The second-order valence-electron chi connectivity index (χ2n) is 5.12. The highest BCUT2D eigenvalue weighted by Crippen LogP contribution is 2.13. The van der Waals surface area contributed by atoms with E-state index in [1.165, 1.54) is 0 Å². The minimum absolute atomic E-state index is 0.297. The summed E-state index contributed by atoms with van der Waals surface area (Å²) < 4.78 is 28.6. The number of hydrogen-bond acceptors (Lipinski definition) is 3. The Morgan fingerprint density at radius 3 is 2.22 bits per heavy atom. The van der Waals surface area contributed by atoms with E-state index in [-0.39, 0.29) is 6.61 Å². The van der Waals surface area contributed by atoms with Crippen LogP contribution in [0.4, 0.5) is 0 Å². The molecule has 0 spiro atoms. The predicted molar refractivity (Wildman–Crippen MR) is 71.2 cm³/mol. The quantitative estimate of drug-likeness (QED) is 0.746. The molecule has 5 nitrogen and oxygen atoms in total. The summed E-state index contributed by atoms with van der Waals surface area (Å²) in [5.41, 5.74) is 0.155. The van der Waals surface area contributed by atoms with Gasteiger partial charge in [-0.3, -0.25) is 0 Å². The minimum atomic E-state index is -3.66. The molecular weight excluding hydrogens is 252 g/mol. The summed E-state index contributed by atoms with van der Waals surface area (Å²) in [7, 11) is -3.66. The van der Waals surface area contributed by atoms with Crippen LogP contribution in [0.3, 0.4) is 0 Å². The minimum Gasteiger partial charge on any atom is -0.394 e. The van der Waals surface area contributed by atoms with Gasteiger partial charge in [0, 0.05) is 5.54 Å². The Morgan fingerprint density at radius 1 is 1.22 bits per heavy atom. The lowest BCUT2D eigenvalue weighted by Crippen LogP contribution is -2.48. The summed E-state index contributed by atoms with van der Waals surface area (Å²) in [6.07, 6.45) is 0. The Kier molecular flexibility index (Phi) is 4.86. The molecule has 0 amide bonds. The Labute approximate surface area is 108 Å². The van der Waals surface area contributed by atoms with E-state index in [1.54, 1.807) is 45.0 Å². The van der Waals surface area contributed by atoms with Crippen molar-refractivity contribution < 1.29 is 13.5 Å². The molecule has 0 aliphatic carbocycles. The van der Waals surface area contributed by atoms with Crippen molar-refractivity contribution >= 4 is 10.2 Å². The fourth-order valence-electron chi connectivity index (χ4n) is 1.52. The zero-order valence-corrected chi connectivity index (χ0v) is 11.7. The lowest BCUT2D eigenvalue weighted by atomic mass is 10.1. The van der Waals surface area contributed by atoms with Gasteiger partial charge in [0.05, 0.1) is 12.6 Å². The summed E-state index contributed by atoms with van der Waals surface area (Å²) in [4.78, 5) is 0. The lowest BCUT2D eigenvalue weighted by Gasteiger charge is -2.23. The van der Waals surface area contributed by atoms with Crippen LogP contribution in [0.5, 0.6) is 0 Å². The molecule has 1 aromatic carbocycles. The Bertz CT molecular complexity index is 466. The van der Waals surface area contributed by atoms with Gasteiger partial charge in [0.1, 0.15) is 0 Å². The van der Waals surface area contributed by atoms with Crippen molar-refractivity contribution in [2.75, 3.05) is 6.61 Å². The molecule has 1 rings (SSSR count). The molecule has 1 unspecified atom stereocenters. The van der Waals surface area contributed by atoms with Crippen LogP contribution in [0, 0.1) is 0 Å². The molecule has 102 valence electrons. The van der Waals surface area contributed by atoms with Crippen molar-refractivity contribution in [3.8, 4) is 0 Å². The van der Waals surface area contributed by atoms with Gasteiger partial charge in [-0.05, 0) is 26.3 Å². The first-order valence-corrected chi connectivity index (χ1v) is 7.19. The summed E-state index contributed by atoms with van der Waals surface area (Å²) in [5, 5.41) is 9.29. The zero-order valence-electron chi connectivity index (χ0n) is 10.8. The van der Waals surface area contributed by atoms with E-state index < -0.39 is 21.8 Å². The standard InChI is InChI=1S/C12H20N2O3S/c1-12(2,3)14-18(16,17)13-11(9-15)10-7-5-4-6-8-10/h4-8,11,13-15H,9H2,1-3H3. The number of hydrogen-bond donors (Lipinski definition) is 3. The van der Waals surface area contributed by atoms with Crippen molar-refractivity contribution in [1.29, 1.82) is 0 Å². The van der Waals surface area contributed by atoms with Gasteiger partial charge in [0.25, 0.3) is 10.2 Å². The van der Waals surface area contributed by atoms with Crippen LogP contribution >= 0.6 is 0 Å². The topological polar surface area (TPSA) is 78.4 Å². The predicted octanol–water partition coefficient (Wildman–Crippen LogP) is 0.942. The molecule has 3 N–H and O–H groups in total. The van der Waals surface area contributed by atoms with Gasteiger partial charge in [-0.2, -0.15) is 17.9 Å². The number of aliphatic hydroxyl groups is 1. The average molecular weight is 272 g/mol. The summed E-state index contributed by atoms with van der Waals surface area (Å²) in [6.45, 7) is 4.96. The Morgan fingerprint density at radius 2 is 1.78 bits per heavy atom. The molecule has 0 saturated heterocycles. The van der Waals surface area contributed by atoms with Crippen LogP contribution in [0.2, 0.25) is 0 Å². The molecule has 0 heterocycles. The number of rotatable bonds is 5. The lowest BCUT2D eigenvalue weighted by molar-refractivity contribution is 0.258. The van der Waals surface area contributed by atoms with Gasteiger partial charge in [-0.25, -0.2) is 0 Å².